The molecule has 0 rings (SSSR count). The number of amides is 1. The molecular formula is C14H27NO4. The minimum atomic E-state index is -0.511. The van der Waals surface area contributed by atoms with E-state index in [0.29, 0.717) is 6.42 Å². The van der Waals surface area contributed by atoms with Crippen molar-refractivity contribution in [2.75, 3.05) is 20.3 Å². The summed E-state index contributed by atoms with van der Waals surface area (Å²) in [6.45, 7) is 2.69. The molecule has 0 radical (unpaired) electrons. The molecule has 0 unspecified atom stereocenters. The van der Waals surface area contributed by atoms with Gasteiger partial charge >= 0.3 is 12.1 Å². The molecule has 5 heteroatoms. The molecule has 0 atom stereocenters. The van der Waals surface area contributed by atoms with Crippen LogP contribution in [0.1, 0.15) is 58.3 Å². The normalized spacial score (nSPS) is 10.0. The summed E-state index contributed by atoms with van der Waals surface area (Å²) in [4.78, 5) is 22.0. The molecule has 1 amide bonds. The molecule has 1 N–H and O–H groups in total. The maximum Gasteiger partial charge on any atom is 0.406 e. The maximum atomic E-state index is 11.3. The molecular weight excluding hydrogens is 246 g/mol. The Morgan fingerprint density at radius 1 is 1.00 bits per heavy atom. The third-order valence-corrected chi connectivity index (χ3v) is 2.80. The smallest absolute Gasteiger partial charge is 0.406 e. The van der Waals surface area contributed by atoms with Gasteiger partial charge in [-0.05, 0) is 6.42 Å². The number of alkyl carbamates (subject to hydrolysis) is 1. The Kier molecular flexibility index (Phi) is 12.3. The topological polar surface area (TPSA) is 64.6 Å². The summed E-state index contributed by atoms with van der Waals surface area (Å²) in [6.07, 6.45) is 8.22. The van der Waals surface area contributed by atoms with E-state index in [-0.39, 0.29) is 19.1 Å². The fraction of sp³-hybridized carbons (Fsp3) is 0.857. The van der Waals surface area contributed by atoms with Crippen molar-refractivity contribution < 1.29 is 19.1 Å². The Morgan fingerprint density at radius 3 is 2.26 bits per heavy atom. The fourth-order valence-corrected chi connectivity index (χ4v) is 1.69. The first-order chi connectivity index (χ1) is 9.20. The number of methoxy groups -OCH3 is 1. The van der Waals surface area contributed by atoms with Crippen molar-refractivity contribution >= 4 is 12.1 Å². The summed E-state index contributed by atoms with van der Waals surface area (Å²) >= 11 is 0. The number of hydrogen-bond donors (Lipinski definition) is 1. The Hall–Kier alpha value is -1.26. The summed E-state index contributed by atoms with van der Waals surface area (Å²) in [5.74, 6) is -0.194. The highest BCUT2D eigenvalue weighted by Crippen LogP contribution is 2.08. The standard InChI is InChI=1S/C14H27NO4/c1-3-4-5-6-7-8-9-10-13(16)19-12-11-15-14(17)18-2/h3-12H2,1-2H3,(H,15,17). The summed E-state index contributed by atoms with van der Waals surface area (Å²) in [7, 11) is 1.29. The maximum absolute atomic E-state index is 11.3. The number of rotatable bonds is 11. The number of carbonyl (C=O) groups excluding carboxylic acids is 2. The molecule has 0 aromatic rings. The lowest BCUT2D eigenvalue weighted by molar-refractivity contribution is -0.143. The first kappa shape index (κ1) is 17.7. The van der Waals surface area contributed by atoms with Crippen LogP contribution in [0.25, 0.3) is 0 Å². The predicted octanol–water partition coefficient (Wildman–Crippen LogP) is 3.03. The lowest BCUT2D eigenvalue weighted by Crippen LogP contribution is -2.27. The molecule has 19 heavy (non-hydrogen) atoms. The van der Waals surface area contributed by atoms with E-state index in [1.807, 2.05) is 0 Å². The largest absolute Gasteiger partial charge is 0.464 e. The molecule has 0 bridgehead atoms. The average molecular weight is 273 g/mol. The van der Waals surface area contributed by atoms with Gasteiger partial charge in [0, 0.05) is 6.42 Å². The molecule has 0 heterocycles. The molecule has 0 aromatic carbocycles. The van der Waals surface area contributed by atoms with Gasteiger partial charge in [0.2, 0.25) is 0 Å². The second-order valence-corrected chi connectivity index (χ2v) is 4.51. The van der Waals surface area contributed by atoms with Crippen molar-refractivity contribution in [3.05, 3.63) is 0 Å². The summed E-state index contributed by atoms with van der Waals surface area (Å²) in [6, 6.07) is 0. The molecule has 0 aliphatic carbocycles. The zero-order valence-electron chi connectivity index (χ0n) is 12.2. The monoisotopic (exact) mass is 273 g/mol. The molecule has 0 aromatic heterocycles. The zero-order valence-corrected chi connectivity index (χ0v) is 12.2. The van der Waals surface area contributed by atoms with Crippen molar-refractivity contribution in [2.45, 2.75) is 58.3 Å². The zero-order chi connectivity index (χ0) is 14.3. The van der Waals surface area contributed by atoms with E-state index in [1.165, 1.54) is 39.2 Å². The summed E-state index contributed by atoms with van der Waals surface area (Å²) in [5.41, 5.74) is 0. The fourth-order valence-electron chi connectivity index (χ4n) is 1.69. The van der Waals surface area contributed by atoms with E-state index in [9.17, 15) is 9.59 Å². The van der Waals surface area contributed by atoms with E-state index in [1.54, 1.807) is 0 Å². The van der Waals surface area contributed by atoms with Gasteiger partial charge < -0.3 is 14.8 Å². The second-order valence-electron chi connectivity index (χ2n) is 4.51. The number of carbonyl (C=O) groups is 2. The van der Waals surface area contributed by atoms with Crippen LogP contribution in [0.5, 0.6) is 0 Å². The first-order valence-corrected chi connectivity index (χ1v) is 7.18. The number of unbranched alkanes of at least 4 members (excludes halogenated alkanes) is 6. The number of nitrogens with one attached hydrogen (secondary N) is 1. The van der Waals surface area contributed by atoms with Crippen molar-refractivity contribution in [1.82, 2.24) is 5.32 Å². The van der Waals surface area contributed by atoms with Crippen molar-refractivity contribution in [2.24, 2.45) is 0 Å². The Balaban J connectivity index is 3.23. The van der Waals surface area contributed by atoms with Crippen molar-refractivity contribution in [3.63, 3.8) is 0 Å². The summed E-state index contributed by atoms with van der Waals surface area (Å²) < 4.78 is 9.36. The second kappa shape index (κ2) is 13.2. The molecule has 112 valence electrons. The number of esters is 1. The quantitative estimate of drug-likeness (QED) is 0.464. The van der Waals surface area contributed by atoms with Crippen LogP contribution in [-0.4, -0.2) is 32.3 Å². The van der Waals surface area contributed by atoms with Gasteiger partial charge in [-0.25, -0.2) is 4.79 Å². The molecule has 0 spiro atoms. The van der Waals surface area contributed by atoms with Crippen LogP contribution >= 0.6 is 0 Å². The highest BCUT2D eigenvalue weighted by molar-refractivity contribution is 5.69. The summed E-state index contributed by atoms with van der Waals surface area (Å²) in [5, 5.41) is 2.45. The lowest BCUT2D eigenvalue weighted by Gasteiger charge is -2.06. The van der Waals surface area contributed by atoms with Crippen molar-refractivity contribution in [3.8, 4) is 0 Å². The van der Waals surface area contributed by atoms with Crippen LogP contribution in [-0.2, 0) is 14.3 Å². The third-order valence-electron chi connectivity index (χ3n) is 2.80. The molecule has 0 aliphatic heterocycles. The minimum Gasteiger partial charge on any atom is -0.464 e. The van der Waals surface area contributed by atoms with Crippen LogP contribution in [0.2, 0.25) is 0 Å². The van der Waals surface area contributed by atoms with E-state index < -0.39 is 6.09 Å². The van der Waals surface area contributed by atoms with Crippen LogP contribution in [0.15, 0.2) is 0 Å². The average Bonchev–Trinajstić information content (AvgIpc) is 2.42. The lowest BCUT2D eigenvalue weighted by atomic mass is 10.1. The van der Waals surface area contributed by atoms with Gasteiger partial charge in [-0.1, -0.05) is 45.4 Å². The highest BCUT2D eigenvalue weighted by Gasteiger charge is 2.03. The van der Waals surface area contributed by atoms with Gasteiger partial charge in [-0.15, -0.1) is 0 Å². The molecule has 0 saturated heterocycles. The van der Waals surface area contributed by atoms with Gasteiger partial charge in [0.05, 0.1) is 13.7 Å². The predicted molar refractivity (Wildman–Crippen MR) is 74.0 cm³/mol. The SMILES string of the molecule is CCCCCCCCCC(=O)OCCNC(=O)OC. The van der Waals surface area contributed by atoms with Gasteiger partial charge in [-0.2, -0.15) is 0 Å². The minimum absolute atomic E-state index is 0.194. The van der Waals surface area contributed by atoms with E-state index >= 15 is 0 Å². The van der Waals surface area contributed by atoms with Gasteiger partial charge in [0.15, 0.2) is 0 Å². The van der Waals surface area contributed by atoms with Crippen LogP contribution in [0.3, 0.4) is 0 Å². The Labute approximate surface area is 116 Å². The molecule has 0 fully saturated rings. The van der Waals surface area contributed by atoms with Crippen molar-refractivity contribution in [1.29, 1.82) is 0 Å². The third kappa shape index (κ3) is 13.0. The molecule has 0 saturated carbocycles. The van der Waals surface area contributed by atoms with Crippen LogP contribution in [0.4, 0.5) is 4.79 Å². The van der Waals surface area contributed by atoms with Gasteiger partial charge in [-0.3, -0.25) is 4.79 Å². The van der Waals surface area contributed by atoms with E-state index in [0.717, 1.165) is 12.8 Å². The van der Waals surface area contributed by atoms with E-state index in [2.05, 4.69) is 17.0 Å². The van der Waals surface area contributed by atoms with Crippen LogP contribution < -0.4 is 5.32 Å². The van der Waals surface area contributed by atoms with E-state index in [4.69, 9.17) is 4.74 Å². The molecule has 0 aliphatic rings. The Bertz CT molecular complexity index is 244. The molecule has 5 nitrogen and oxygen atoms in total. The van der Waals surface area contributed by atoms with Gasteiger partial charge in [0.25, 0.3) is 0 Å². The first-order valence-electron chi connectivity index (χ1n) is 7.18. The Morgan fingerprint density at radius 2 is 1.63 bits per heavy atom. The number of hydrogen-bond acceptors (Lipinski definition) is 4. The van der Waals surface area contributed by atoms with Crippen LogP contribution in [0, 0.1) is 0 Å². The number of ether oxygens (including phenoxy) is 2. The highest BCUT2D eigenvalue weighted by atomic mass is 16.5. The van der Waals surface area contributed by atoms with Gasteiger partial charge in [0.1, 0.15) is 6.61 Å².